The van der Waals surface area contributed by atoms with Crippen LogP contribution in [0.2, 0.25) is 0 Å². The number of carbonyl (C=O) groups excluding carboxylic acids is 3. The van der Waals surface area contributed by atoms with Crippen LogP contribution >= 0.6 is 15.9 Å². The number of hydrogen-bond donors (Lipinski definition) is 1. The van der Waals surface area contributed by atoms with Crippen LogP contribution in [0, 0.1) is 0 Å². The van der Waals surface area contributed by atoms with Crippen LogP contribution in [0.15, 0.2) is 53.0 Å². The highest BCUT2D eigenvalue weighted by molar-refractivity contribution is 9.10. The molecule has 0 bridgehead atoms. The Bertz CT molecular complexity index is 914. The minimum Gasteiger partial charge on any atom is -0.466 e. The highest BCUT2D eigenvalue weighted by atomic mass is 79.9. The summed E-state index contributed by atoms with van der Waals surface area (Å²) < 4.78 is 5.46. The van der Waals surface area contributed by atoms with Crippen LogP contribution in [0.5, 0.6) is 0 Å². The van der Waals surface area contributed by atoms with E-state index in [1.165, 1.54) is 4.90 Å². The van der Waals surface area contributed by atoms with Crippen molar-refractivity contribution in [1.29, 1.82) is 0 Å². The molecule has 1 amide bonds. The maximum atomic E-state index is 13.1. The van der Waals surface area contributed by atoms with Crippen molar-refractivity contribution in [3.05, 3.63) is 64.1 Å². The van der Waals surface area contributed by atoms with Crippen LogP contribution in [0.1, 0.15) is 30.9 Å². The van der Waals surface area contributed by atoms with Crippen molar-refractivity contribution in [3.8, 4) is 0 Å². The van der Waals surface area contributed by atoms with E-state index < -0.39 is 36.1 Å². The van der Waals surface area contributed by atoms with E-state index in [-0.39, 0.29) is 13.2 Å². The number of ether oxygens (including phenoxy) is 1. The van der Waals surface area contributed by atoms with E-state index in [1.807, 2.05) is 30.3 Å². The number of Topliss-reactive ketones (excluding diaryl/α,β-unsaturated/α-hetero) is 1. The molecule has 1 unspecified atom stereocenters. The SMILES string of the molecule is CCOC(=O)CC(=O)CC1(O)C(=O)N(Cc2ccccc2)c2ccc(Br)cc21. The van der Waals surface area contributed by atoms with Gasteiger partial charge in [-0.2, -0.15) is 0 Å². The molecule has 0 fully saturated rings. The number of esters is 1. The van der Waals surface area contributed by atoms with Crippen LogP contribution in [0.3, 0.4) is 0 Å². The molecular formula is C21H20BrNO5. The Labute approximate surface area is 171 Å². The number of amides is 1. The molecule has 1 aliphatic heterocycles. The van der Waals surface area contributed by atoms with E-state index in [0.717, 1.165) is 5.56 Å². The summed E-state index contributed by atoms with van der Waals surface area (Å²) >= 11 is 3.35. The van der Waals surface area contributed by atoms with Gasteiger partial charge in [-0.25, -0.2) is 0 Å². The Balaban J connectivity index is 1.91. The third kappa shape index (κ3) is 4.00. The minimum atomic E-state index is -2.02. The lowest BCUT2D eigenvalue weighted by Gasteiger charge is -2.22. The number of ketones is 1. The Morgan fingerprint density at radius 2 is 1.89 bits per heavy atom. The largest absolute Gasteiger partial charge is 0.466 e. The van der Waals surface area contributed by atoms with Crippen LogP contribution in [-0.4, -0.2) is 29.4 Å². The number of fused-ring (bicyclic) bond motifs is 1. The smallest absolute Gasteiger partial charge is 0.313 e. The molecule has 0 saturated heterocycles. The van der Waals surface area contributed by atoms with Gasteiger partial charge in [-0.1, -0.05) is 46.3 Å². The third-order valence-corrected chi connectivity index (χ3v) is 5.07. The van der Waals surface area contributed by atoms with Crippen molar-refractivity contribution in [3.63, 3.8) is 0 Å². The summed E-state index contributed by atoms with van der Waals surface area (Å²) in [5, 5.41) is 11.2. The fourth-order valence-electron chi connectivity index (χ4n) is 3.34. The van der Waals surface area contributed by atoms with Gasteiger partial charge >= 0.3 is 5.97 Å². The standard InChI is InChI=1S/C21H20BrNO5/c1-2-28-19(25)11-16(24)12-21(27)17-10-15(22)8-9-18(17)23(20(21)26)13-14-6-4-3-5-7-14/h3-10,27H,2,11-13H2,1H3. The van der Waals surface area contributed by atoms with Crippen molar-refractivity contribution in [2.45, 2.75) is 31.9 Å². The van der Waals surface area contributed by atoms with Crippen molar-refractivity contribution in [1.82, 2.24) is 0 Å². The van der Waals surface area contributed by atoms with E-state index in [2.05, 4.69) is 15.9 Å². The highest BCUT2D eigenvalue weighted by Gasteiger charge is 2.51. The molecule has 28 heavy (non-hydrogen) atoms. The Morgan fingerprint density at radius 3 is 2.57 bits per heavy atom. The molecular weight excluding hydrogens is 426 g/mol. The van der Waals surface area contributed by atoms with Crippen LogP contribution in [0.25, 0.3) is 0 Å². The van der Waals surface area contributed by atoms with Gasteiger partial charge in [0.05, 0.1) is 18.8 Å². The van der Waals surface area contributed by atoms with Crippen molar-refractivity contribution in [2.24, 2.45) is 0 Å². The second-order valence-corrected chi connectivity index (χ2v) is 7.51. The summed E-state index contributed by atoms with van der Waals surface area (Å²) in [4.78, 5) is 38.5. The Morgan fingerprint density at radius 1 is 1.18 bits per heavy atom. The second kappa shape index (κ2) is 8.24. The zero-order valence-corrected chi connectivity index (χ0v) is 16.9. The van der Waals surface area contributed by atoms with E-state index in [4.69, 9.17) is 4.74 Å². The fraction of sp³-hybridized carbons (Fsp3) is 0.286. The summed E-state index contributed by atoms with van der Waals surface area (Å²) in [6.07, 6.45) is -0.967. The lowest BCUT2D eigenvalue weighted by Crippen LogP contribution is -2.41. The summed E-state index contributed by atoms with van der Waals surface area (Å²) in [7, 11) is 0. The topological polar surface area (TPSA) is 83.9 Å². The molecule has 0 aliphatic carbocycles. The molecule has 2 aromatic carbocycles. The number of aliphatic hydroxyl groups is 1. The van der Waals surface area contributed by atoms with E-state index in [9.17, 15) is 19.5 Å². The Kier molecular flexibility index (Phi) is 5.96. The monoisotopic (exact) mass is 445 g/mol. The number of nitrogens with zero attached hydrogens (tertiary/aromatic N) is 1. The van der Waals surface area contributed by atoms with E-state index >= 15 is 0 Å². The molecule has 0 aromatic heterocycles. The van der Waals surface area contributed by atoms with Gasteiger partial charge in [0.1, 0.15) is 12.2 Å². The first-order chi connectivity index (χ1) is 13.3. The maximum Gasteiger partial charge on any atom is 0.313 e. The normalized spacial score (nSPS) is 18.1. The maximum absolute atomic E-state index is 13.1. The number of halogens is 1. The molecule has 2 aromatic rings. The zero-order valence-electron chi connectivity index (χ0n) is 15.4. The van der Waals surface area contributed by atoms with Gasteiger partial charge in [-0.15, -0.1) is 0 Å². The predicted octanol–water partition coefficient (Wildman–Crippen LogP) is 3.10. The number of benzene rings is 2. The van der Waals surface area contributed by atoms with Crippen LogP contribution < -0.4 is 4.90 Å². The second-order valence-electron chi connectivity index (χ2n) is 6.60. The molecule has 6 nitrogen and oxygen atoms in total. The predicted molar refractivity (Wildman–Crippen MR) is 107 cm³/mol. The summed E-state index contributed by atoms with van der Waals surface area (Å²) in [5.41, 5.74) is -0.229. The molecule has 1 N–H and O–H groups in total. The summed E-state index contributed by atoms with van der Waals surface area (Å²) in [6.45, 7) is 2.07. The average molecular weight is 446 g/mol. The molecule has 0 saturated carbocycles. The Hall–Kier alpha value is -2.51. The molecule has 1 atom stereocenters. The lowest BCUT2D eigenvalue weighted by atomic mass is 9.89. The summed E-state index contributed by atoms with van der Waals surface area (Å²) in [6, 6.07) is 14.5. The quantitative estimate of drug-likeness (QED) is 0.522. The van der Waals surface area contributed by atoms with Gasteiger partial charge < -0.3 is 14.7 Å². The molecule has 3 rings (SSSR count). The zero-order chi connectivity index (χ0) is 20.3. The first-order valence-corrected chi connectivity index (χ1v) is 9.70. The number of rotatable bonds is 7. The molecule has 146 valence electrons. The van der Waals surface area contributed by atoms with Gasteiger partial charge in [-0.05, 0) is 30.7 Å². The number of hydrogen-bond acceptors (Lipinski definition) is 5. The number of carbonyl (C=O) groups is 3. The van der Waals surface area contributed by atoms with Crippen LogP contribution in [-0.2, 0) is 31.3 Å². The van der Waals surface area contributed by atoms with E-state index in [1.54, 1.807) is 25.1 Å². The van der Waals surface area contributed by atoms with Gasteiger partial charge in [0, 0.05) is 16.5 Å². The molecule has 1 aliphatic rings. The van der Waals surface area contributed by atoms with Gasteiger partial charge in [0.25, 0.3) is 5.91 Å². The van der Waals surface area contributed by atoms with Crippen molar-refractivity contribution >= 4 is 39.3 Å². The molecule has 7 heteroatoms. The van der Waals surface area contributed by atoms with Crippen molar-refractivity contribution < 1.29 is 24.2 Å². The summed E-state index contributed by atoms with van der Waals surface area (Å²) in [5.74, 6) is -1.80. The third-order valence-electron chi connectivity index (χ3n) is 4.58. The van der Waals surface area contributed by atoms with Gasteiger partial charge in [0.15, 0.2) is 5.60 Å². The first kappa shape index (κ1) is 20.2. The molecule has 1 heterocycles. The highest BCUT2D eigenvalue weighted by Crippen LogP contribution is 2.44. The van der Waals surface area contributed by atoms with Gasteiger partial charge in [-0.3, -0.25) is 14.4 Å². The van der Waals surface area contributed by atoms with Crippen molar-refractivity contribution in [2.75, 3.05) is 11.5 Å². The lowest BCUT2D eigenvalue weighted by molar-refractivity contribution is -0.149. The molecule has 0 spiro atoms. The number of anilines is 1. The van der Waals surface area contributed by atoms with Gasteiger partial charge in [0.2, 0.25) is 0 Å². The average Bonchev–Trinajstić information content (AvgIpc) is 2.84. The van der Waals surface area contributed by atoms with E-state index in [0.29, 0.717) is 15.7 Å². The van der Waals surface area contributed by atoms with Crippen LogP contribution in [0.4, 0.5) is 5.69 Å². The first-order valence-electron chi connectivity index (χ1n) is 8.90. The molecule has 0 radical (unpaired) electrons. The minimum absolute atomic E-state index is 0.163. The fourth-order valence-corrected chi connectivity index (χ4v) is 3.70.